The van der Waals surface area contributed by atoms with Gasteiger partial charge in [0.2, 0.25) is 0 Å². The Bertz CT molecular complexity index is 1380. The summed E-state index contributed by atoms with van der Waals surface area (Å²) in [7, 11) is 0. The summed E-state index contributed by atoms with van der Waals surface area (Å²) in [5.74, 6) is 0.322. The summed E-state index contributed by atoms with van der Waals surface area (Å²) < 4.78 is 0. The van der Waals surface area contributed by atoms with Crippen LogP contribution in [0.1, 0.15) is 0 Å². The molecule has 0 atom stereocenters. The number of rotatable bonds is 0. The maximum atomic E-state index is 8.63. The van der Waals surface area contributed by atoms with E-state index in [1.807, 2.05) is 6.07 Å². The minimum absolute atomic E-state index is 0. The molecule has 2 heteroatoms. The van der Waals surface area contributed by atoms with Crippen molar-refractivity contribution in [3.05, 3.63) is 152 Å². The van der Waals surface area contributed by atoms with Crippen LogP contribution < -0.4 is 0 Å². The zero-order chi connectivity index (χ0) is 23.9. The number of aromatic hydroxyl groups is 1. The lowest BCUT2D eigenvalue weighted by Gasteiger charge is -2.00. The summed E-state index contributed by atoms with van der Waals surface area (Å²) in [6.07, 6.45) is 0. The Kier molecular flexibility index (Phi) is 7.92. The first kappa shape index (κ1) is 24.5. The molecule has 0 unspecified atom stereocenters. The average molecular weight is 469 g/mol. The van der Waals surface area contributed by atoms with Gasteiger partial charge in [-0.05, 0) is 79.5 Å². The van der Waals surface area contributed by atoms with E-state index in [1.54, 1.807) is 24.3 Å². The van der Waals surface area contributed by atoms with E-state index in [4.69, 9.17) is 5.11 Å². The van der Waals surface area contributed by atoms with Gasteiger partial charge >= 0.3 is 0 Å². The van der Waals surface area contributed by atoms with Crippen molar-refractivity contribution < 1.29 is 10.6 Å². The SMILES string of the molecule is O.Oc1ccccc1.c1ccc2cc3ccccc3cc2c1.c1ccc2cc3ccccc3cc2c1. The molecule has 0 aliphatic rings. The number of phenols is 1. The predicted octanol–water partition coefficient (Wildman–Crippen LogP) is 8.55. The quantitative estimate of drug-likeness (QED) is 0.223. The molecule has 7 aromatic rings. The van der Waals surface area contributed by atoms with E-state index in [0.29, 0.717) is 5.75 Å². The van der Waals surface area contributed by atoms with Crippen molar-refractivity contribution in [2.24, 2.45) is 0 Å². The zero-order valence-corrected chi connectivity index (χ0v) is 19.9. The molecule has 36 heavy (non-hydrogen) atoms. The Balaban J connectivity index is 0.000000132. The van der Waals surface area contributed by atoms with Crippen LogP contribution in [0.3, 0.4) is 0 Å². The molecule has 0 bridgehead atoms. The number of hydrogen-bond donors (Lipinski definition) is 1. The molecule has 2 nitrogen and oxygen atoms in total. The van der Waals surface area contributed by atoms with Crippen LogP contribution in [0, 0.1) is 0 Å². The van der Waals surface area contributed by atoms with Crippen LogP contribution >= 0.6 is 0 Å². The fourth-order valence-electron chi connectivity index (χ4n) is 4.19. The highest BCUT2D eigenvalue weighted by molar-refractivity contribution is 5.99. The number of phenolic OH excluding ortho intramolecular Hbond substituents is 1. The van der Waals surface area contributed by atoms with E-state index in [-0.39, 0.29) is 5.48 Å². The monoisotopic (exact) mass is 468 g/mol. The fraction of sp³-hybridized carbons (Fsp3) is 0. The molecule has 0 aromatic heterocycles. The third kappa shape index (κ3) is 5.87. The molecule has 7 rings (SSSR count). The highest BCUT2D eigenvalue weighted by atomic mass is 16.3. The molecular weight excluding hydrogens is 440 g/mol. The summed E-state index contributed by atoms with van der Waals surface area (Å²) in [6.45, 7) is 0. The van der Waals surface area contributed by atoms with E-state index in [2.05, 4.69) is 121 Å². The van der Waals surface area contributed by atoms with E-state index < -0.39 is 0 Å². The minimum atomic E-state index is 0. The molecule has 0 heterocycles. The molecule has 0 saturated heterocycles. The van der Waals surface area contributed by atoms with E-state index in [1.165, 1.54) is 43.1 Å². The van der Waals surface area contributed by atoms with Crippen LogP contribution in [0.5, 0.6) is 5.75 Å². The molecule has 0 aliphatic heterocycles. The summed E-state index contributed by atoms with van der Waals surface area (Å²) in [6, 6.07) is 51.6. The van der Waals surface area contributed by atoms with Crippen molar-refractivity contribution in [1.29, 1.82) is 0 Å². The van der Waals surface area contributed by atoms with Crippen LogP contribution in [0.25, 0.3) is 43.1 Å². The van der Waals surface area contributed by atoms with Crippen molar-refractivity contribution in [2.45, 2.75) is 0 Å². The van der Waals surface area contributed by atoms with Gasteiger partial charge in [-0.1, -0.05) is 115 Å². The Labute approximate surface area is 211 Å². The topological polar surface area (TPSA) is 51.7 Å². The van der Waals surface area contributed by atoms with Crippen molar-refractivity contribution >= 4 is 43.1 Å². The van der Waals surface area contributed by atoms with Crippen molar-refractivity contribution in [3.63, 3.8) is 0 Å². The Hall–Kier alpha value is -4.66. The molecular formula is C34H28O2. The first-order chi connectivity index (χ1) is 17.3. The fourth-order valence-corrected chi connectivity index (χ4v) is 4.19. The second-order valence-electron chi connectivity index (χ2n) is 8.43. The molecule has 0 fully saturated rings. The summed E-state index contributed by atoms with van der Waals surface area (Å²) >= 11 is 0. The second-order valence-corrected chi connectivity index (χ2v) is 8.43. The van der Waals surface area contributed by atoms with Gasteiger partial charge in [0.15, 0.2) is 0 Å². The highest BCUT2D eigenvalue weighted by Gasteiger charge is 1.96. The molecule has 0 amide bonds. The van der Waals surface area contributed by atoms with Crippen LogP contribution in [-0.2, 0) is 0 Å². The third-order valence-electron chi connectivity index (χ3n) is 5.98. The van der Waals surface area contributed by atoms with Gasteiger partial charge in [-0.15, -0.1) is 0 Å². The van der Waals surface area contributed by atoms with Gasteiger partial charge in [0, 0.05) is 0 Å². The largest absolute Gasteiger partial charge is 0.508 e. The zero-order valence-electron chi connectivity index (χ0n) is 19.9. The number of benzene rings is 7. The van der Waals surface area contributed by atoms with Crippen LogP contribution in [-0.4, -0.2) is 10.6 Å². The molecule has 0 aliphatic carbocycles. The lowest BCUT2D eigenvalue weighted by molar-refractivity contribution is 0.475. The number of hydrogen-bond acceptors (Lipinski definition) is 1. The van der Waals surface area contributed by atoms with Crippen molar-refractivity contribution in [3.8, 4) is 5.75 Å². The first-order valence-corrected chi connectivity index (χ1v) is 11.8. The van der Waals surface area contributed by atoms with Crippen molar-refractivity contribution in [2.75, 3.05) is 0 Å². The van der Waals surface area contributed by atoms with Gasteiger partial charge < -0.3 is 10.6 Å². The summed E-state index contributed by atoms with van der Waals surface area (Å²) in [5, 5.41) is 19.1. The molecule has 3 N–H and O–H groups in total. The van der Waals surface area contributed by atoms with Gasteiger partial charge in [0.05, 0.1) is 0 Å². The van der Waals surface area contributed by atoms with Gasteiger partial charge in [0.1, 0.15) is 5.75 Å². The Morgan fingerprint density at radius 3 is 0.639 bits per heavy atom. The second kappa shape index (κ2) is 11.7. The van der Waals surface area contributed by atoms with Gasteiger partial charge in [-0.3, -0.25) is 0 Å². The standard InChI is InChI=1S/2C14H10.C6H6O.H2O/c2*1-2-6-12-10-14-8-4-3-7-13(14)9-11(12)5-1;7-6-4-2-1-3-5-6;/h2*1-10H;1-5,7H;1H2. The summed E-state index contributed by atoms with van der Waals surface area (Å²) in [4.78, 5) is 0. The smallest absolute Gasteiger partial charge is 0.115 e. The van der Waals surface area contributed by atoms with E-state index in [0.717, 1.165) is 0 Å². The molecule has 176 valence electrons. The van der Waals surface area contributed by atoms with Crippen LogP contribution in [0.2, 0.25) is 0 Å². The number of para-hydroxylation sites is 1. The van der Waals surface area contributed by atoms with Gasteiger partial charge in [-0.25, -0.2) is 0 Å². The molecule has 0 saturated carbocycles. The first-order valence-electron chi connectivity index (χ1n) is 11.8. The molecule has 0 radical (unpaired) electrons. The number of fused-ring (bicyclic) bond motifs is 4. The Morgan fingerprint density at radius 1 is 0.278 bits per heavy atom. The normalized spacial score (nSPS) is 10.1. The predicted molar refractivity (Wildman–Crippen MR) is 155 cm³/mol. The van der Waals surface area contributed by atoms with Gasteiger partial charge in [-0.2, -0.15) is 0 Å². The van der Waals surface area contributed by atoms with Crippen LogP contribution in [0.15, 0.2) is 152 Å². The van der Waals surface area contributed by atoms with Gasteiger partial charge in [0.25, 0.3) is 0 Å². The van der Waals surface area contributed by atoms with E-state index >= 15 is 0 Å². The summed E-state index contributed by atoms with van der Waals surface area (Å²) in [5.41, 5.74) is 0. The van der Waals surface area contributed by atoms with Crippen LogP contribution in [0.4, 0.5) is 0 Å². The third-order valence-corrected chi connectivity index (χ3v) is 5.98. The minimum Gasteiger partial charge on any atom is -0.508 e. The molecule has 0 spiro atoms. The lowest BCUT2D eigenvalue weighted by Crippen LogP contribution is -1.74. The van der Waals surface area contributed by atoms with Crippen molar-refractivity contribution in [1.82, 2.24) is 0 Å². The maximum absolute atomic E-state index is 8.63. The highest BCUT2D eigenvalue weighted by Crippen LogP contribution is 2.23. The maximum Gasteiger partial charge on any atom is 0.115 e. The Morgan fingerprint density at radius 2 is 0.472 bits per heavy atom. The van der Waals surface area contributed by atoms with E-state index in [9.17, 15) is 0 Å². The average Bonchev–Trinajstić information content (AvgIpc) is 2.92. The molecule has 7 aromatic carbocycles. The lowest BCUT2D eigenvalue weighted by atomic mass is 10.0.